The third kappa shape index (κ3) is 2.14. The number of carbonyl (C=O) groups is 1. The first-order valence-electron chi connectivity index (χ1n) is 7.53. The normalized spacial score (nSPS) is 12.4. The van der Waals surface area contributed by atoms with E-state index >= 15 is 0 Å². The molecule has 0 aliphatic heterocycles. The Labute approximate surface area is 133 Å². The smallest absolute Gasteiger partial charge is 0.338 e. The van der Waals surface area contributed by atoms with Gasteiger partial charge in [-0.3, -0.25) is 0 Å². The monoisotopic (exact) mass is 305 g/mol. The third-order valence-electron chi connectivity index (χ3n) is 4.31. The van der Waals surface area contributed by atoms with Gasteiger partial charge in [0.05, 0.1) is 18.9 Å². The zero-order valence-corrected chi connectivity index (χ0v) is 12.7. The van der Waals surface area contributed by atoms with Crippen LogP contribution in [0.2, 0.25) is 0 Å². The summed E-state index contributed by atoms with van der Waals surface area (Å²) < 4.78 is 10.4. The Balaban J connectivity index is 1.99. The lowest BCUT2D eigenvalue weighted by Crippen LogP contribution is -2.06. The number of ether oxygens (including phenoxy) is 1. The molecule has 0 N–H and O–H groups in total. The number of nitrogens with zero attached hydrogens (tertiary/aromatic N) is 1. The third-order valence-corrected chi connectivity index (χ3v) is 4.31. The maximum atomic E-state index is 12.1. The fourth-order valence-electron chi connectivity index (χ4n) is 3.22. The SMILES string of the molecule is COC(=O)c1ccccc1-c1cccc2c1-c1oncc1CC2. The second-order valence-corrected chi connectivity index (χ2v) is 5.56. The molecule has 0 fully saturated rings. The molecule has 0 atom stereocenters. The van der Waals surface area contributed by atoms with Crippen molar-refractivity contribution >= 4 is 5.97 Å². The highest BCUT2D eigenvalue weighted by Crippen LogP contribution is 2.41. The lowest BCUT2D eigenvalue weighted by Gasteiger charge is -2.19. The van der Waals surface area contributed by atoms with Gasteiger partial charge in [0.25, 0.3) is 0 Å². The Morgan fingerprint density at radius 3 is 2.70 bits per heavy atom. The summed E-state index contributed by atoms with van der Waals surface area (Å²) in [6, 6.07) is 13.6. The molecular formula is C19H15NO3. The predicted molar refractivity (Wildman–Crippen MR) is 86.1 cm³/mol. The molecule has 4 rings (SSSR count). The molecule has 0 saturated heterocycles. The van der Waals surface area contributed by atoms with Crippen LogP contribution in [0.1, 0.15) is 21.5 Å². The van der Waals surface area contributed by atoms with E-state index in [1.807, 2.05) is 30.3 Å². The molecule has 4 heteroatoms. The largest absolute Gasteiger partial charge is 0.465 e. The highest BCUT2D eigenvalue weighted by atomic mass is 16.5. The summed E-state index contributed by atoms with van der Waals surface area (Å²) in [4.78, 5) is 12.1. The van der Waals surface area contributed by atoms with Crippen molar-refractivity contribution in [2.24, 2.45) is 0 Å². The highest BCUT2D eigenvalue weighted by molar-refractivity contribution is 6.00. The maximum Gasteiger partial charge on any atom is 0.338 e. The van der Waals surface area contributed by atoms with Crippen molar-refractivity contribution in [2.75, 3.05) is 7.11 Å². The minimum atomic E-state index is -0.341. The van der Waals surface area contributed by atoms with E-state index in [-0.39, 0.29) is 5.97 Å². The summed E-state index contributed by atoms with van der Waals surface area (Å²) in [5, 5.41) is 3.94. The maximum absolute atomic E-state index is 12.1. The summed E-state index contributed by atoms with van der Waals surface area (Å²) in [6.07, 6.45) is 3.65. The van der Waals surface area contributed by atoms with E-state index in [2.05, 4.69) is 11.2 Å². The fourth-order valence-corrected chi connectivity index (χ4v) is 3.22. The van der Waals surface area contributed by atoms with Crippen LogP contribution in [0.4, 0.5) is 0 Å². The number of esters is 1. The van der Waals surface area contributed by atoms with Crippen LogP contribution in [-0.2, 0) is 17.6 Å². The van der Waals surface area contributed by atoms with Crippen molar-refractivity contribution in [3.05, 3.63) is 65.4 Å². The van der Waals surface area contributed by atoms with Gasteiger partial charge < -0.3 is 9.26 Å². The Morgan fingerprint density at radius 2 is 1.83 bits per heavy atom. The lowest BCUT2D eigenvalue weighted by molar-refractivity contribution is 0.0601. The minimum absolute atomic E-state index is 0.341. The van der Waals surface area contributed by atoms with Crippen molar-refractivity contribution in [2.45, 2.75) is 12.8 Å². The van der Waals surface area contributed by atoms with Crippen molar-refractivity contribution < 1.29 is 14.1 Å². The predicted octanol–water partition coefficient (Wildman–Crippen LogP) is 3.89. The molecule has 1 aliphatic rings. The second kappa shape index (κ2) is 5.39. The summed E-state index contributed by atoms with van der Waals surface area (Å²) in [5.41, 5.74) is 5.73. The number of benzene rings is 2. The second-order valence-electron chi connectivity index (χ2n) is 5.56. The van der Waals surface area contributed by atoms with E-state index in [0.29, 0.717) is 5.56 Å². The van der Waals surface area contributed by atoms with Crippen LogP contribution < -0.4 is 0 Å². The molecule has 114 valence electrons. The number of methoxy groups -OCH3 is 1. The van der Waals surface area contributed by atoms with Gasteiger partial charge in [-0.2, -0.15) is 0 Å². The number of aromatic nitrogens is 1. The molecular weight excluding hydrogens is 290 g/mol. The zero-order valence-electron chi connectivity index (χ0n) is 12.7. The summed E-state index contributed by atoms with van der Waals surface area (Å²) >= 11 is 0. The molecule has 0 saturated carbocycles. The quantitative estimate of drug-likeness (QED) is 0.674. The van der Waals surface area contributed by atoms with Crippen molar-refractivity contribution in [1.29, 1.82) is 0 Å². The van der Waals surface area contributed by atoms with Gasteiger partial charge in [0.15, 0.2) is 5.76 Å². The van der Waals surface area contributed by atoms with Crippen molar-refractivity contribution in [3.63, 3.8) is 0 Å². The van der Waals surface area contributed by atoms with E-state index in [0.717, 1.165) is 40.9 Å². The zero-order chi connectivity index (χ0) is 15.8. The van der Waals surface area contributed by atoms with Gasteiger partial charge in [-0.1, -0.05) is 41.6 Å². The van der Waals surface area contributed by atoms with Crippen LogP contribution in [0.25, 0.3) is 22.5 Å². The molecule has 0 amide bonds. The van der Waals surface area contributed by atoms with Crippen molar-refractivity contribution in [1.82, 2.24) is 5.16 Å². The Morgan fingerprint density at radius 1 is 1.04 bits per heavy atom. The number of hydrogen-bond acceptors (Lipinski definition) is 4. The molecule has 0 radical (unpaired) electrons. The van der Waals surface area contributed by atoms with Gasteiger partial charge in [-0.25, -0.2) is 4.79 Å². The summed E-state index contributed by atoms with van der Waals surface area (Å²) in [6.45, 7) is 0. The Kier molecular flexibility index (Phi) is 3.23. The average molecular weight is 305 g/mol. The van der Waals surface area contributed by atoms with E-state index in [1.165, 1.54) is 12.7 Å². The van der Waals surface area contributed by atoms with Crippen LogP contribution >= 0.6 is 0 Å². The van der Waals surface area contributed by atoms with Crippen molar-refractivity contribution in [3.8, 4) is 22.5 Å². The summed E-state index contributed by atoms with van der Waals surface area (Å²) in [5.74, 6) is 0.466. The van der Waals surface area contributed by atoms with Gasteiger partial charge in [0.2, 0.25) is 0 Å². The molecule has 0 bridgehead atoms. The molecule has 2 aromatic carbocycles. The molecule has 23 heavy (non-hydrogen) atoms. The standard InChI is InChI=1S/C19H15NO3/c1-22-19(21)16-7-3-2-6-14(16)15-8-4-5-12-9-10-13-11-20-23-18(13)17(12)15/h2-8,11H,9-10H2,1H3. The summed E-state index contributed by atoms with van der Waals surface area (Å²) in [7, 11) is 1.40. The van der Waals surface area contributed by atoms with Crippen LogP contribution in [0, 0.1) is 0 Å². The number of carbonyl (C=O) groups excluding carboxylic acids is 1. The van der Waals surface area contributed by atoms with Gasteiger partial charge in [-0.15, -0.1) is 0 Å². The van der Waals surface area contributed by atoms with Gasteiger partial charge >= 0.3 is 5.97 Å². The molecule has 1 aliphatic carbocycles. The topological polar surface area (TPSA) is 52.3 Å². The first-order valence-corrected chi connectivity index (χ1v) is 7.53. The van der Waals surface area contributed by atoms with E-state index < -0.39 is 0 Å². The first-order chi connectivity index (χ1) is 11.3. The number of hydrogen-bond donors (Lipinski definition) is 0. The van der Waals surface area contributed by atoms with Crippen LogP contribution in [0.3, 0.4) is 0 Å². The Hall–Kier alpha value is -2.88. The number of rotatable bonds is 2. The molecule has 3 aromatic rings. The molecule has 0 spiro atoms. The number of fused-ring (bicyclic) bond motifs is 3. The van der Waals surface area contributed by atoms with Crippen LogP contribution in [0.5, 0.6) is 0 Å². The van der Waals surface area contributed by atoms with Gasteiger partial charge in [0.1, 0.15) is 0 Å². The molecule has 4 nitrogen and oxygen atoms in total. The lowest BCUT2D eigenvalue weighted by atomic mass is 9.84. The van der Waals surface area contributed by atoms with Crippen LogP contribution in [-0.4, -0.2) is 18.2 Å². The van der Waals surface area contributed by atoms with Gasteiger partial charge in [-0.05, 0) is 35.6 Å². The minimum Gasteiger partial charge on any atom is -0.465 e. The van der Waals surface area contributed by atoms with E-state index in [9.17, 15) is 4.79 Å². The Bertz CT molecular complexity index is 895. The number of aryl methyl sites for hydroxylation is 2. The van der Waals surface area contributed by atoms with E-state index in [1.54, 1.807) is 12.3 Å². The molecule has 1 heterocycles. The van der Waals surface area contributed by atoms with E-state index in [4.69, 9.17) is 9.26 Å². The molecule has 1 aromatic heterocycles. The first kappa shape index (κ1) is 13.8. The fraction of sp³-hybridized carbons (Fsp3) is 0.158. The van der Waals surface area contributed by atoms with Crippen LogP contribution in [0.15, 0.2) is 53.2 Å². The van der Waals surface area contributed by atoms with Gasteiger partial charge in [0, 0.05) is 11.1 Å². The average Bonchev–Trinajstić information content (AvgIpc) is 3.09. The molecule has 0 unspecified atom stereocenters. The highest BCUT2D eigenvalue weighted by Gasteiger charge is 2.25.